The van der Waals surface area contributed by atoms with Gasteiger partial charge in [-0.05, 0) is 30.0 Å². The zero-order chi connectivity index (χ0) is 20.3. The molecule has 3 rings (SSSR count). The van der Waals surface area contributed by atoms with Gasteiger partial charge in [-0.1, -0.05) is 56.8 Å². The van der Waals surface area contributed by atoms with E-state index in [1.807, 2.05) is 25.1 Å². The van der Waals surface area contributed by atoms with Crippen LogP contribution in [0.2, 0.25) is 0 Å². The predicted molar refractivity (Wildman–Crippen MR) is 110 cm³/mol. The van der Waals surface area contributed by atoms with E-state index in [0.717, 1.165) is 5.56 Å². The molecule has 7 nitrogen and oxygen atoms in total. The van der Waals surface area contributed by atoms with Crippen LogP contribution in [-0.4, -0.2) is 26.5 Å². The van der Waals surface area contributed by atoms with Gasteiger partial charge in [0.25, 0.3) is 0 Å². The molecule has 1 unspecified atom stereocenters. The van der Waals surface area contributed by atoms with E-state index in [2.05, 4.69) is 48.4 Å². The first-order valence-corrected chi connectivity index (χ1v) is 10.0. The summed E-state index contributed by atoms with van der Waals surface area (Å²) in [5.74, 6) is 7.47. The third kappa shape index (κ3) is 4.56. The number of thioether (sulfide) groups is 1. The Morgan fingerprint density at radius 2 is 1.96 bits per heavy atom. The lowest BCUT2D eigenvalue weighted by atomic mass is 9.87. The fraction of sp³-hybridized carbons (Fsp3) is 0.350. The number of carbonyl (C=O) groups excluding carboxylic acids is 1. The number of nitrogens with zero attached hydrogens (tertiary/aromatic N) is 3. The number of rotatable bonds is 6. The Morgan fingerprint density at radius 1 is 1.25 bits per heavy atom. The van der Waals surface area contributed by atoms with Crippen LogP contribution in [-0.2, 0) is 10.2 Å². The highest BCUT2D eigenvalue weighted by molar-refractivity contribution is 7.99. The molecule has 1 atom stereocenters. The van der Waals surface area contributed by atoms with Crippen molar-refractivity contribution in [3.8, 4) is 11.4 Å². The molecule has 1 amide bonds. The molecule has 148 valence electrons. The van der Waals surface area contributed by atoms with Crippen molar-refractivity contribution in [2.75, 3.05) is 11.6 Å². The van der Waals surface area contributed by atoms with Gasteiger partial charge in [0.15, 0.2) is 5.82 Å². The predicted octanol–water partition coefficient (Wildman–Crippen LogP) is 3.52. The largest absolute Gasteiger partial charge is 0.467 e. The molecule has 0 bridgehead atoms. The number of nitrogens with two attached hydrogens (primary N) is 1. The minimum absolute atomic E-state index is 0.0794. The maximum absolute atomic E-state index is 12.2. The minimum atomic E-state index is -0.198. The zero-order valence-electron chi connectivity index (χ0n) is 16.5. The third-order valence-corrected chi connectivity index (χ3v) is 5.30. The van der Waals surface area contributed by atoms with Gasteiger partial charge in [0, 0.05) is 5.56 Å². The summed E-state index contributed by atoms with van der Waals surface area (Å²) < 4.78 is 6.71. The third-order valence-electron chi connectivity index (χ3n) is 4.35. The highest BCUT2D eigenvalue weighted by atomic mass is 32.2. The van der Waals surface area contributed by atoms with Gasteiger partial charge in [-0.25, -0.2) is 4.68 Å². The van der Waals surface area contributed by atoms with E-state index < -0.39 is 0 Å². The molecule has 0 radical (unpaired) electrons. The zero-order valence-corrected chi connectivity index (χ0v) is 17.3. The van der Waals surface area contributed by atoms with Crippen molar-refractivity contribution in [3.63, 3.8) is 0 Å². The van der Waals surface area contributed by atoms with Crippen molar-refractivity contribution in [2.45, 2.75) is 44.3 Å². The van der Waals surface area contributed by atoms with E-state index in [9.17, 15) is 4.79 Å². The summed E-state index contributed by atoms with van der Waals surface area (Å²) in [7, 11) is 0. The van der Waals surface area contributed by atoms with Crippen molar-refractivity contribution < 1.29 is 9.21 Å². The summed E-state index contributed by atoms with van der Waals surface area (Å²) in [5.41, 5.74) is 2.19. The summed E-state index contributed by atoms with van der Waals surface area (Å²) in [4.78, 5) is 12.2. The second-order valence-electron chi connectivity index (χ2n) is 7.60. The molecule has 0 aliphatic carbocycles. The number of carbonyl (C=O) groups is 1. The van der Waals surface area contributed by atoms with Gasteiger partial charge in [0.1, 0.15) is 5.76 Å². The quantitative estimate of drug-likeness (QED) is 0.486. The summed E-state index contributed by atoms with van der Waals surface area (Å²) in [6.45, 7) is 8.37. The molecule has 2 heterocycles. The van der Waals surface area contributed by atoms with Crippen LogP contribution < -0.4 is 11.2 Å². The van der Waals surface area contributed by atoms with Gasteiger partial charge in [0.2, 0.25) is 11.1 Å². The summed E-state index contributed by atoms with van der Waals surface area (Å²) >= 11 is 1.24. The Balaban J connectivity index is 1.62. The lowest BCUT2D eigenvalue weighted by Crippen LogP contribution is -2.28. The van der Waals surface area contributed by atoms with E-state index in [4.69, 9.17) is 10.3 Å². The van der Waals surface area contributed by atoms with Gasteiger partial charge in [0.05, 0.1) is 18.1 Å². The molecule has 0 aliphatic heterocycles. The highest BCUT2D eigenvalue weighted by Crippen LogP contribution is 2.26. The van der Waals surface area contributed by atoms with E-state index >= 15 is 0 Å². The number of benzene rings is 1. The van der Waals surface area contributed by atoms with Crippen molar-refractivity contribution in [1.29, 1.82) is 0 Å². The lowest BCUT2D eigenvalue weighted by Gasteiger charge is -2.19. The average Bonchev–Trinajstić information content (AvgIpc) is 3.29. The summed E-state index contributed by atoms with van der Waals surface area (Å²) in [5, 5.41) is 11.7. The van der Waals surface area contributed by atoms with E-state index in [-0.39, 0.29) is 23.1 Å². The van der Waals surface area contributed by atoms with Crippen molar-refractivity contribution in [3.05, 3.63) is 54.0 Å². The van der Waals surface area contributed by atoms with Crippen molar-refractivity contribution >= 4 is 17.7 Å². The van der Waals surface area contributed by atoms with E-state index in [0.29, 0.717) is 16.7 Å². The van der Waals surface area contributed by atoms with Gasteiger partial charge in [-0.3, -0.25) is 4.79 Å². The van der Waals surface area contributed by atoms with Crippen LogP contribution in [0, 0.1) is 0 Å². The molecule has 28 heavy (non-hydrogen) atoms. The molecule has 0 spiro atoms. The number of nitrogens with one attached hydrogen (secondary N) is 1. The first-order valence-electron chi connectivity index (χ1n) is 9.02. The highest BCUT2D eigenvalue weighted by Gasteiger charge is 2.17. The first kappa shape index (κ1) is 20.0. The Morgan fingerprint density at radius 3 is 2.57 bits per heavy atom. The van der Waals surface area contributed by atoms with E-state index in [1.165, 1.54) is 22.0 Å². The maximum atomic E-state index is 12.2. The molecule has 3 N–H and O–H groups in total. The molecule has 3 aromatic rings. The van der Waals surface area contributed by atoms with Crippen LogP contribution >= 0.6 is 11.8 Å². The van der Waals surface area contributed by atoms with Crippen molar-refractivity contribution in [2.24, 2.45) is 0 Å². The topological polar surface area (TPSA) is 99.0 Å². The Kier molecular flexibility index (Phi) is 5.79. The molecule has 0 fully saturated rings. The number of amides is 1. The maximum Gasteiger partial charge on any atom is 0.231 e. The van der Waals surface area contributed by atoms with Crippen molar-refractivity contribution in [1.82, 2.24) is 20.2 Å². The molecular weight excluding hydrogens is 374 g/mol. The van der Waals surface area contributed by atoms with Crippen LogP contribution in [0.15, 0.2) is 52.2 Å². The van der Waals surface area contributed by atoms with Gasteiger partial charge in [-0.2, -0.15) is 0 Å². The van der Waals surface area contributed by atoms with Crippen LogP contribution in [0.3, 0.4) is 0 Å². The Bertz CT molecular complexity index is 927. The average molecular weight is 400 g/mol. The molecule has 2 aromatic heterocycles. The second-order valence-corrected chi connectivity index (χ2v) is 8.54. The number of hydrogen-bond acceptors (Lipinski definition) is 6. The lowest BCUT2D eigenvalue weighted by molar-refractivity contribution is -0.119. The van der Waals surface area contributed by atoms with Crippen LogP contribution in [0.5, 0.6) is 0 Å². The molecule has 0 saturated carbocycles. The van der Waals surface area contributed by atoms with E-state index in [1.54, 1.807) is 12.3 Å². The van der Waals surface area contributed by atoms with Crippen LogP contribution in [0.25, 0.3) is 11.4 Å². The summed E-state index contributed by atoms with van der Waals surface area (Å²) in [6.07, 6.45) is 1.58. The second kappa shape index (κ2) is 8.10. The molecule has 8 heteroatoms. The number of aromatic nitrogens is 3. The van der Waals surface area contributed by atoms with Crippen LogP contribution in [0.1, 0.15) is 45.1 Å². The van der Waals surface area contributed by atoms with Gasteiger partial charge >= 0.3 is 0 Å². The molecule has 0 saturated heterocycles. The number of furan rings is 1. The number of hydrogen-bond donors (Lipinski definition) is 2. The fourth-order valence-corrected chi connectivity index (χ4v) is 3.38. The minimum Gasteiger partial charge on any atom is -0.467 e. The Hall–Kier alpha value is -2.74. The van der Waals surface area contributed by atoms with Gasteiger partial charge < -0.3 is 15.6 Å². The first-order chi connectivity index (χ1) is 13.3. The SMILES string of the molecule is CC(NC(=O)CSc1nnc(-c2ccc(C(C)(C)C)cc2)n1N)c1ccco1. The fourth-order valence-electron chi connectivity index (χ4n) is 2.71. The van der Waals surface area contributed by atoms with Gasteiger partial charge in [-0.15, -0.1) is 10.2 Å². The molecular formula is C20H25N5O2S. The smallest absolute Gasteiger partial charge is 0.231 e. The molecule has 1 aromatic carbocycles. The number of nitrogen functional groups attached to an aromatic ring is 1. The standard InChI is InChI=1S/C20H25N5O2S/c1-13(16-6-5-11-27-16)22-17(26)12-28-19-24-23-18(25(19)21)14-7-9-15(10-8-14)20(2,3)4/h5-11,13H,12,21H2,1-4H3,(H,22,26). The Labute approximate surface area is 168 Å². The molecule has 0 aliphatic rings. The monoisotopic (exact) mass is 399 g/mol. The summed E-state index contributed by atoms with van der Waals surface area (Å²) in [6, 6.07) is 11.5. The normalized spacial score (nSPS) is 12.7. The van der Waals surface area contributed by atoms with Crippen LogP contribution in [0.4, 0.5) is 0 Å².